The molecule has 3 heterocycles. The first-order valence-electron chi connectivity index (χ1n) is 17.8. The van der Waals surface area contributed by atoms with Crippen LogP contribution >= 0.6 is 0 Å². The maximum absolute atomic E-state index is 13.0. The summed E-state index contributed by atoms with van der Waals surface area (Å²) in [6, 6.07) is 0. The fourth-order valence-electron chi connectivity index (χ4n) is 7.74. The average molecular weight is 665 g/mol. The summed E-state index contributed by atoms with van der Waals surface area (Å²) in [5.41, 5.74) is -0.845. The molecule has 0 aromatic carbocycles. The number of hydrogen-bond donors (Lipinski definition) is 2. The zero-order chi connectivity index (χ0) is 33.8. The Bertz CT molecular complexity index is 1060. The lowest BCUT2D eigenvalue weighted by atomic mass is 9.82. The second-order valence-electron chi connectivity index (χ2n) is 16.2. The molecule has 2 N–H and O–H groups in total. The van der Waals surface area contributed by atoms with Gasteiger partial charge in [0.15, 0.2) is 6.29 Å². The standard InChI is InChI=1S/C35H56N2O10/c1-20(36-29(38)23-8-11-33(5)26(14-23)45-33)41-17-32(4,18-42-21(2)37-30(39)24-9-12-34(6)27(15-24)46-34)19-43-22(3)44-31(40)25-10-13-35(7)28(16-25)47-35/h20-28H,8-19H2,1-7H3,(H,36,38)(H,37,39). The lowest BCUT2D eigenvalue weighted by Crippen LogP contribution is -2.46. The van der Waals surface area contributed by atoms with Crippen molar-refractivity contribution in [3.8, 4) is 0 Å². The summed E-state index contributed by atoms with van der Waals surface area (Å²) in [5, 5.41) is 6.00. The molecular weight excluding hydrogens is 608 g/mol. The van der Waals surface area contributed by atoms with Crippen LogP contribution in [0.2, 0.25) is 0 Å². The van der Waals surface area contributed by atoms with Gasteiger partial charge in [-0.2, -0.15) is 0 Å². The molecule has 0 aromatic rings. The van der Waals surface area contributed by atoms with E-state index in [1.165, 1.54) is 0 Å². The lowest BCUT2D eigenvalue weighted by Gasteiger charge is -2.33. The molecule has 0 bridgehead atoms. The maximum atomic E-state index is 13.0. The number of epoxide rings is 3. The molecular formula is C35H56N2O10. The van der Waals surface area contributed by atoms with E-state index in [-0.39, 0.29) is 90.5 Å². The molecule has 2 amide bonds. The van der Waals surface area contributed by atoms with Gasteiger partial charge in [-0.3, -0.25) is 14.4 Å². The number of nitrogens with one attached hydrogen (secondary N) is 2. The summed E-state index contributed by atoms with van der Waals surface area (Å²) < 4.78 is 41.3. The van der Waals surface area contributed by atoms with Crippen molar-refractivity contribution in [1.82, 2.24) is 10.6 Å². The van der Waals surface area contributed by atoms with Gasteiger partial charge < -0.3 is 43.8 Å². The number of carbonyl (C=O) groups is 3. The first-order valence-corrected chi connectivity index (χ1v) is 17.8. The van der Waals surface area contributed by atoms with E-state index in [1.54, 1.807) is 6.92 Å². The zero-order valence-electron chi connectivity index (χ0n) is 29.3. The van der Waals surface area contributed by atoms with Crippen LogP contribution < -0.4 is 10.6 Å². The van der Waals surface area contributed by atoms with E-state index in [2.05, 4.69) is 31.4 Å². The van der Waals surface area contributed by atoms with Crippen molar-refractivity contribution >= 4 is 17.8 Å². The van der Waals surface area contributed by atoms with Crippen molar-refractivity contribution in [2.75, 3.05) is 19.8 Å². The van der Waals surface area contributed by atoms with Gasteiger partial charge in [0, 0.05) is 17.3 Å². The summed E-state index contributed by atoms with van der Waals surface area (Å²) in [7, 11) is 0. The third kappa shape index (κ3) is 8.32. The van der Waals surface area contributed by atoms with Gasteiger partial charge >= 0.3 is 5.97 Å². The molecule has 47 heavy (non-hydrogen) atoms. The quantitative estimate of drug-likeness (QED) is 0.151. The molecule has 3 aliphatic carbocycles. The number of amides is 2. The molecule has 0 radical (unpaired) electrons. The van der Waals surface area contributed by atoms with Crippen LogP contribution in [0.25, 0.3) is 0 Å². The van der Waals surface area contributed by atoms with Crippen molar-refractivity contribution in [3.63, 3.8) is 0 Å². The van der Waals surface area contributed by atoms with Crippen LogP contribution in [0.3, 0.4) is 0 Å². The first-order chi connectivity index (χ1) is 22.1. The number of rotatable bonds is 15. The van der Waals surface area contributed by atoms with E-state index >= 15 is 0 Å². The fourth-order valence-corrected chi connectivity index (χ4v) is 7.74. The van der Waals surface area contributed by atoms with Gasteiger partial charge in [0.25, 0.3) is 0 Å². The van der Waals surface area contributed by atoms with Gasteiger partial charge in [0.05, 0.1) is 60.9 Å². The van der Waals surface area contributed by atoms with Gasteiger partial charge in [0.2, 0.25) is 11.8 Å². The highest BCUT2D eigenvalue weighted by molar-refractivity contribution is 5.79. The second-order valence-corrected chi connectivity index (χ2v) is 16.2. The summed E-state index contributed by atoms with van der Waals surface area (Å²) in [5.74, 6) is -0.693. The molecule has 3 aliphatic heterocycles. The molecule has 6 fully saturated rings. The molecule has 12 atom stereocenters. The van der Waals surface area contributed by atoms with Crippen molar-refractivity contribution in [2.24, 2.45) is 23.2 Å². The average Bonchev–Trinajstić information content (AvgIpc) is 3.95. The fraction of sp³-hybridized carbons (Fsp3) is 0.914. The van der Waals surface area contributed by atoms with Gasteiger partial charge in [0.1, 0.15) is 12.5 Å². The number of fused-ring (bicyclic) bond motifs is 3. The minimum Gasteiger partial charge on any atom is -0.436 e. The normalized spacial score (nSPS) is 41.4. The monoisotopic (exact) mass is 664 g/mol. The first kappa shape index (κ1) is 35.0. The molecule has 12 nitrogen and oxygen atoms in total. The smallest absolute Gasteiger partial charge is 0.311 e. The number of carbonyl (C=O) groups excluding carboxylic acids is 3. The Morgan fingerprint density at radius 2 is 1.06 bits per heavy atom. The molecule has 3 saturated carbocycles. The Kier molecular flexibility index (Phi) is 9.78. The Hall–Kier alpha value is -1.83. The van der Waals surface area contributed by atoms with E-state index in [9.17, 15) is 14.4 Å². The zero-order valence-corrected chi connectivity index (χ0v) is 29.3. The Morgan fingerprint density at radius 1 is 0.681 bits per heavy atom. The Balaban J connectivity index is 0.981. The van der Waals surface area contributed by atoms with Gasteiger partial charge in [-0.15, -0.1) is 0 Å². The number of ether oxygens (including phenoxy) is 7. The maximum Gasteiger partial charge on any atom is 0.311 e. The highest BCUT2D eigenvalue weighted by atomic mass is 16.7. The van der Waals surface area contributed by atoms with E-state index in [4.69, 9.17) is 33.2 Å². The summed E-state index contributed by atoms with van der Waals surface area (Å²) in [6.07, 6.45) is 5.73. The second kappa shape index (κ2) is 13.1. The van der Waals surface area contributed by atoms with Gasteiger partial charge in [-0.25, -0.2) is 0 Å². The van der Waals surface area contributed by atoms with E-state index in [1.807, 2.05) is 20.8 Å². The van der Waals surface area contributed by atoms with Crippen molar-refractivity contribution in [2.45, 2.75) is 160 Å². The molecule has 266 valence electrons. The predicted octanol–water partition coefficient (Wildman–Crippen LogP) is 3.73. The van der Waals surface area contributed by atoms with Crippen molar-refractivity contribution < 1.29 is 47.5 Å². The molecule has 6 rings (SSSR count). The Labute approximate surface area is 278 Å². The minimum atomic E-state index is -0.771. The summed E-state index contributed by atoms with van der Waals surface area (Å²) in [6.45, 7) is 14.2. The van der Waals surface area contributed by atoms with Crippen LogP contribution in [0.4, 0.5) is 0 Å². The third-order valence-corrected chi connectivity index (χ3v) is 11.6. The summed E-state index contributed by atoms with van der Waals surface area (Å²) in [4.78, 5) is 38.8. The third-order valence-electron chi connectivity index (χ3n) is 11.6. The highest BCUT2D eigenvalue weighted by Crippen LogP contribution is 2.51. The van der Waals surface area contributed by atoms with Gasteiger partial charge in [-0.05, 0) is 99.3 Å². The highest BCUT2D eigenvalue weighted by Gasteiger charge is 2.58. The van der Waals surface area contributed by atoms with Crippen LogP contribution in [0.15, 0.2) is 0 Å². The van der Waals surface area contributed by atoms with E-state index < -0.39 is 24.2 Å². The van der Waals surface area contributed by atoms with Crippen LogP contribution in [-0.2, 0) is 47.5 Å². The molecule has 0 aromatic heterocycles. The van der Waals surface area contributed by atoms with E-state index in [0.29, 0.717) is 6.42 Å². The number of esters is 1. The molecule has 3 saturated heterocycles. The van der Waals surface area contributed by atoms with Crippen molar-refractivity contribution in [3.05, 3.63) is 0 Å². The minimum absolute atomic E-state index is 0.0274. The van der Waals surface area contributed by atoms with Crippen molar-refractivity contribution in [1.29, 1.82) is 0 Å². The van der Waals surface area contributed by atoms with Crippen LogP contribution in [0.1, 0.15) is 106 Å². The topological polar surface area (TPSA) is 150 Å². The molecule has 0 spiro atoms. The predicted molar refractivity (Wildman–Crippen MR) is 169 cm³/mol. The van der Waals surface area contributed by atoms with Gasteiger partial charge in [-0.1, -0.05) is 6.92 Å². The van der Waals surface area contributed by atoms with Crippen LogP contribution in [-0.4, -0.2) is 91.5 Å². The van der Waals surface area contributed by atoms with Crippen LogP contribution in [0.5, 0.6) is 0 Å². The summed E-state index contributed by atoms with van der Waals surface area (Å²) >= 11 is 0. The largest absolute Gasteiger partial charge is 0.436 e. The molecule has 12 unspecified atom stereocenters. The van der Waals surface area contributed by atoms with Crippen LogP contribution in [0, 0.1) is 23.2 Å². The number of hydrogen-bond acceptors (Lipinski definition) is 10. The molecule has 6 aliphatic rings. The SMILES string of the molecule is CC(NC(=O)C1CCC2(C)OC2C1)OCC(C)(COC(C)NC(=O)C1CCC2(C)OC2C1)COC(C)OC(=O)C1CCC2(C)OC2C1. The van der Waals surface area contributed by atoms with E-state index in [0.717, 1.165) is 51.4 Å². The Morgan fingerprint density at radius 3 is 1.49 bits per heavy atom. The lowest BCUT2D eigenvalue weighted by molar-refractivity contribution is -0.192. The molecule has 12 heteroatoms.